The molecule has 1 aliphatic heterocycles. The molecule has 88 valence electrons. The summed E-state index contributed by atoms with van der Waals surface area (Å²) in [5.74, 6) is -0.728. The van der Waals surface area contributed by atoms with E-state index >= 15 is 0 Å². The molecule has 0 aromatic rings. The fourth-order valence-electron chi connectivity index (χ4n) is 1.82. The second-order valence-electron chi connectivity index (χ2n) is 3.79. The van der Waals surface area contributed by atoms with Crippen LogP contribution in [0.2, 0.25) is 0 Å². The van der Waals surface area contributed by atoms with Crippen molar-refractivity contribution in [2.45, 2.75) is 18.9 Å². The van der Waals surface area contributed by atoms with Crippen molar-refractivity contribution < 1.29 is 14.6 Å². The summed E-state index contributed by atoms with van der Waals surface area (Å²) >= 11 is 0. The van der Waals surface area contributed by atoms with Crippen LogP contribution in [-0.4, -0.2) is 61.9 Å². The molecule has 15 heavy (non-hydrogen) atoms. The third-order valence-corrected chi connectivity index (χ3v) is 2.68. The van der Waals surface area contributed by atoms with Crippen LogP contribution >= 0.6 is 0 Å². The van der Waals surface area contributed by atoms with E-state index in [0.717, 1.165) is 39.1 Å². The highest BCUT2D eigenvalue weighted by molar-refractivity contribution is 5.73. The SMILES string of the molecule is COCCCCN1CCNCC1C(=O)O. The van der Waals surface area contributed by atoms with Gasteiger partial charge < -0.3 is 15.2 Å². The Kier molecular flexibility index (Phi) is 5.60. The minimum absolute atomic E-state index is 0.360. The second kappa shape index (κ2) is 6.76. The first-order valence-electron chi connectivity index (χ1n) is 5.42. The maximum absolute atomic E-state index is 10.9. The second-order valence-corrected chi connectivity index (χ2v) is 3.79. The third kappa shape index (κ3) is 4.15. The van der Waals surface area contributed by atoms with Crippen molar-refractivity contribution in [1.82, 2.24) is 10.2 Å². The maximum Gasteiger partial charge on any atom is 0.322 e. The zero-order valence-corrected chi connectivity index (χ0v) is 9.24. The van der Waals surface area contributed by atoms with Gasteiger partial charge in [-0.2, -0.15) is 0 Å². The number of methoxy groups -OCH3 is 1. The highest BCUT2D eigenvalue weighted by Gasteiger charge is 2.27. The molecule has 1 heterocycles. The number of nitrogens with zero attached hydrogens (tertiary/aromatic N) is 1. The van der Waals surface area contributed by atoms with E-state index in [1.165, 1.54) is 0 Å². The number of carbonyl (C=O) groups is 1. The molecule has 0 aromatic carbocycles. The van der Waals surface area contributed by atoms with Crippen molar-refractivity contribution in [1.29, 1.82) is 0 Å². The largest absolute Gasteiger partial charge is 0.480 e. The van der Waals surface area contributed by atoms with Crippen LogP contribution < -0.4 is 5.32 Å². The van der Waals surface area contributed by atoms with E-state index in [0.29, 0.717) is 6.54 Å². The molecule has 0 spiro atoms. The molecule has 5 nitrogen and oxygen atoms in total. The quantitative estimate of drug-likeness (QED) is 0.601. The Morgan fingerprint density at radius 1 is 1.60 bits per heavy atom. The van der Waals surface area contributed by atoms with Gasteiger partial charge in [0.1, 0.15) is 6.04 Å². The van der Waals surface area contributed by atoms with Gasteiger partial charge in [-0.15, -0.1) is 0 Å². The number of hydrogen-bond acceptors (Lipinski definition) is 4. The van der Waals surface area contributed by atoms with Gasteiger partial charge in [-0.05, 0) is 19.4 Å². The molecular formula is C10H20N2O3. The van der Waals surface area contributed by atoms with Crippen molar-refractivity contribution in [3.05, 3.63) is 0 Å². The van der Waals surface area contributed by atoms with Crippen molar-refractivity contribution >= 4 is 5.97 Å². The first kappa shape index (κ1) is 12.4. The van der Waals surface area contributed by atoms with E-state index in [2.05, 4.69) is 5.32 Å². The number of carboxylic acids is 1. The van der Waals surface area contributed by atoms with E-state index in [-0.39, 0.29) is 6.04 Å². The van der Waals surface area contributed by atoms with E-state index in [9.17, 15) is 4.79 Å². The summed E-state index contributed by atoms with van der Waals surface area (Å²) in [5.41, 5.74) is 0. The van der Waals surface area contributed by atoms with Crippen LogP contribution in [0.3, 0.4) is 0 Å². The Labute approximate surface area is 90.4 Å². The number of unbranched alkanes of at least 4 members (excludes halogenated alkanes) is 1. The van der Waals surface area contributed by atoms with Crippen molar-refractivity contribution in [3.8, 4) is 0 Å². The molecule has 0 aromatic heterocycles. The predicted octanol–water partition coefficient (Wildman–Crippen LogP) is -0.229. The Bertz CT molecular complexity index is 199. The zero-order valence-electron chi connectivity index (χ0n) is 9.24. The average molecular weight is 216 g/mol. The molecule has 0 bridgehead atoms. The van der Waals surface area contributed by atoms with Crippen molar-refractivity contribution in [2.75, 3.05) is 39.9 Å². The van der Waals surface area contributed by atoms with Crippen LogP contribution in [0.5, 0.6) is 0 Å². The smallest absolute Gasteiger partial charge is 0.322 e. The van der Waals surface area contributed by atoms with Crippen LogP contribution in [0.4, 0.5) is 0 Å². The van der Waals surface area contributed by atoms with E-state index < -0.39 is 5.97 Å². The topological polar surface area (TPSA) is 61.8 Å². The van der Waals surface area contributed by atoms with Gasteiger partial charge in [0.2, 0.25) is 0 Å². The molecule has 0 amide bonds. The third-order valence-electron chi connectivity index (χ3n) is 2.68. The summed E-state index contributed by atoms with van der Waals surface area (Å²) in [6.07, 6.45) is 1.99. The lowest BCUT2D eigenvalue weighted by Gasteiger charge is -2.33. The van der Waals surface area contributed by atoms with Crippen LogP contribution in [0, 0.1) is 0 Å². The van der Waals surface area contributed by atoms with E-state index in [1.807, 2.05) is 4.90 Å². The molecule has 1 rings (SSSR count). The van der Waals surface area contributed by atoms with Crippen LogP contribution in [0.25, 0.3) is 0 Å². The van der Waals surface area contributed by atoms with Crippen LogP contribution in [-0.2, 0) is 9.53 Å². The summed E-state index contributed by atoms with van der Waals surface area (Å²) in [6.45, 7) is 3.86. The van der Waals surface area contributed by atoms with Gasteiger partial charge in [0.15, 0.2) is 0 Å². The molecule has 5 heteroatoms. The van der Waals surface area contributed by atoms with Gasteiger partial charge in [-0.3, -0.25) is 9.69 Å². The van der Waals surface area contributed by atoms with Gasteiger partial charge in [-0.1, -0.05) is 0 Å². The lowest BCUT2D eigenvalue weighted by molar-refractivity contribution is -0.143. The molecule has 1 atom stereocenters. The normalized spacial score (nSPS) is 22.9. The molecule has 2 N–H and O–H groups in total. The molecular weight excluding hydrogens is 196 g/mol. The van der Waals surface area contributed by atoms with Gasteiger partial charge >= 0.3 is 5.97 Å². The fourth-order valence-corrected chi connectivity index (χ4v) is 1.82. The summed E-state index contributed by atoms with van der Waals surface area (Å²) in [4.78, 5) is 13.0. The fraction of sp³-hybridized carbons (Fsp3) is 0.900. The first-order chi connectivity index (χ1) is 7.25. The molecule has 1 aliphatic rings. The summed E-state index contributed by atoms with van der Waals surface area (Å²) in [5, 5.41) is 12.1. The highest BCUT2D eigenvalue weighted by atomic mass is 16.5. The summed E-state index contributed by atoms with van der Waals surface area (Å²) < 4.78 is 4.96. The van der Waals surface area contributed by atoms with Crippen molar-refractivity contribution in [3.63, 3.8) is 0 Å². The highest BCUT2D eigenvalue weighted by Crippen LogP contribution is 2.05. The lowest BCUT2D eigenvalue weighted by atomic mass is 10.1. The monoisotopic (exact) mass is 216 g/mol. The Morgan fingerprint density at radius 3 is 3.07 bits per heavy atom. The first-order valence-corrected chi connectivity index (χ1v) is 5.42. The van der Waals surface area contributed by atoms with Crippen LogP contribution in [0.15, 0.2) is 0 Å². The van der Waals surface area contributed by atoms with Gasteiger partial charge in [-0.25, -0.2) is 0 Å². The summed E-state index contributed by atoms with van der Waals surface area (Å²) in [7, 11) is 1.69. The molecule has 1 unspecified atom stereocenters. The number of rotatable bonds is 6. The maximum atomic E-state index is 10.9. The molecule has 1 fully saturated rings. The number of aliphatic carboxylic acids is 1. The number of piperazine rings is 1. The van der Waals surface area contributed by atoms with E-state index in [1.54, 1.807) is 7.11 Å². The standard InChI is InChI=1S/C10H20N2O3/c1-15-7-3-2-5-12-6-4-11-8-9(12)10(13)14/h9,11H,2-8H2,1H3,(H,13,14). The Morgan fingerprint density at radius 2 is 2.40 bits per heavy atom. The van der Waals surface area contributed by atoms with Gasteiger partial charge in [0.25, 0.3) is 0 Å². The Balaban J connectivity index is 2.26. The molecule has 0 saturated carbocycles. The molecule has 1 saturated heterocycles. The Hall–Kier alpha value is -0.650. The van der Waals surface area contributed by atoms with Crippen molar-refractivity contribution in [2.24, 2.45) is 0 Å². The predicted molar refractivity (Wildman–Crippen MR) is 57.0 cm³/mol. The lowest BCUT2D eigenvalue weighted by Crippen LogP contribution is -2.55. The summed E-state index contributed by atoms with van der Waals surface area (Å²) in [6, 6.07) is -0.360. The minimum Gasteiger partial charge on any atom is -0.480 e. The zero-order chi connectivity index (χ0) is 11.1. The van der Waals surface area contributed by atoms with E-state index in [4.69, 9.17) is 9.84 Å². The number of hydrogen-bond donors (Lipinski definition) is 2. The average Bonchev–Trinajstić information content (AvgIpc) is 2.25. The van der Waals surface area contributed by atoms with Gasteiger partial charge in [0, 0.05) is 33.4 Å². The molecule has 0 radical (unpaired) electrons. The van der Waals surface area contributed by atoms with Crippen LogP contribution in [0.1, 0.15) is 12.8 Å². The minimum atomic E-state index is -0.728. The van der Waals surface area contributed by atoms with Gasteiger partial charge in [0.05, 0.1) is 0 Å². The number of nitrogens with one attached hydrogen (secondary N) is 1. The number of ether oxygens (including phenoxy) is 1. The molecule has 0 aliphatic carbocycles. The number of carboxylic acid groups (broad SMARTS) is 1.